The largest absolute Gasteiger partial charge is 0.493 e. The summed E-state index contributed by atoms with van der Waals surface area (Å²) < 4.78 is 10.6. The highest BCUT2D eigenvalue weighted by atomic mass is 16.5. The second-order valence-corrected chi connectivity index (χ2v) is 4.01. The normalized spacial score (nSPS) is 15.2. The number of nitrogens with zero attached hydrogens (tertiary/aromatic N) is 1. The van der Waals surface area contributed by atoms with E-state index in [2.05, 4.69) is 22.5 Å². The van der Waals surface area contributed by atoms with Crippen molar-refractivity contribution in [2.45, 2.75) is 25.4 Å². The van der Waals surface area contributed by atoms with Crippen molar-refractivity contribution in [2.24, 2.45) is 0 Å². The molecule has 0 saturated carbocycles. The standard InChI is InChI=1S/C13H18N2O2/c1-16-12-7-8-14-11(13(12)17-2)9-15-10-5-3-4-6-10/h3-4,7-8,10,15H,5-6,9H2,1-2H3. The molecule has 0 unspecified atom stereocenters. The summed E-state index contributed by atoms with van der Waals surface area (Å²) in [6.07, 6.45) is 8.33. The zero-order valence-electron chi connectivity index (χ0n) is 10.3. The maximum Gasteiger partial charge on any atom is 0.183 e. The molecule has 0 amide bonds. The van der Waals surface area contributed by atoms with E-state index in [1.165, 1.54) is 0 Å². The first-order valence-electron chi connectivity index (χ1n) is 5.79. The summed E-state index contributed by atoms with van der Waals surface area (Å²) >= 11 is 0. The van der Waals surface area contributed by atoms with E-state index >= 15 is 0 Å². The van der Waals surface area contributed by atoms with Gasteiger partial charge in [-0.1, -0.05) is 12.2 Å². The quantitative estimate of drug-likeness (QED) is 0.790. The number of hydrogen-bond donors (Lipinski definition) is 1. The Kier molecular flexibility index (Phi) is 3.98. The first kappa shape index (κ1) is 11.9. The lowest BCUT2D eigenvalue weighted by atomic mass is 10.2. The third-order valence-electron chi connectivity index (χ3n) is 2.93. The minimum absolute atomic E-state index is 0.521. The van der Waals surface area contributed by atoms with Crippen LogP contribution in [0.25, 0.3) is 0 Å². The molecule has 1 aromatic rings. The number of aromatic nitrogens is 1. The van der Waals surface area contributed by atoms with Crippen LogP contribution in [0.1, 0.15) is 18.5 Å². The maximum absolute atomic E-state index is 5.34. The smallest absolute Gasteiger partial charge is 0.183 e. The van der Waals surface area contributed by atoms with Gasteiger partial charge in [-0.05, 0) is 12.8 Å². The number of hydrogen-bond acceptors (Lipinski definition) is 4. The van der Waals surface area contributed by atoms with Crippen LogP contribution in [-0.2, 0) is 6.54 Å². The third-order valence-corrected chi connectivity index (χ3v) is 2.93. The van der Waals surface area contributed by atoms with Crippen LogP contribution in [0.4, 0.5) is 0 Å². The van der Waals surface area contributed by atoms with Gasteiger partial charge in [-0.15, -0.1) is 0 Å². The van der Waals surface area contributed by atoms with Crippen molar-refractivity contribution in [3.63, 3.8) is 0 Å². The molecule has 0 aromatic carbocycles. The Labute approximate surface area is 102 Å². The minimum Gasteiger partial charge on any atom is -0.493 e. The summed E-state index contributed by atoms with van der Waals surface area (Å²) in [6.45, 7) is 0.701. The predicted octanol–water partition coefficient (Wildman–Crippen LogP) is 1.91. The van der Waals surface area contributed by atoms with E-state index in [0.29, 0.717) is 18.3 Å². The first-order chi connectivity index (χ1) is 8.35. The van der Waals surface area contributed by atoms with Crippen LogP contribution in [0.2, 0.25) is 0 Å². The summed E-state index contributed by atoms with van der Waals surface area (Å²) in [5.41, 5.74) is 0.888. The molecule has 0 radical (unpaired) electrons. The van der Waals surface area contributed by atoms with Crippen molar-refractivity contribution in [1.29, 1.82) is 0 Å². The molecule has 92 valence electrons. The molecule has 1 aliphatic carbocycles. The molecule has 0 atom stereocenters. The SMILES string of the molecule is COc1ccnc(CNC2CC=CC2)c1OC. The van der Waals surface area contributed by atoms with E-state index in [4.69, 9.17) is 9.47 Å². The molecule has 0 aliphatic heterocycles. The van der Waals surface area contributed by atoms with Gasteiger partial charge in [0.25, 0.3) is 0 Å². The minimum atomic E-state index is 0.521. The van der Waals surface area contributed by atoms with Gasteiger partial charge in [0.15, 0.2) is 11.5 Å². The van der Waals surface area contributed by atoms with Crippen LogP contribution in [0.5, 0.6) is 11.5 Å². The molecule has 17 heavy (non-hydrogen) atoms. The Morgan fingerprint density at radius 1 is 1.29 bits per heavy atom. The molecule has 0 bridgehead atoms. The summed E-state index contributed by atoms with van der Waals surface area (Å²) in [5, 5.41) is 3.46. The van der Waals surface area contributed by atoms with Gasteiger partial charge in [0, 0.05) is 24.8 Å². The first-order valence-corrected chi connectivity index (χ1v) is 5.79. The average molecular weight is 234 g/mol. The van der Waals surface area contributed by atoms with E-state index in [1.807, 2.05) is 0 Å². The fourth-order valence-corrected chi connectivity index (χ4v) is 2.00. The number of rotatable bonds is 5. The summed E-state index contributed by atoms with van der Waals surface area (Å²) in [4.78, 5) is 4.33. The Morgan fingerprint density at radius 2 is 2.06 bits per heavy atom. The zero-order valence-corrected chi connectivity index (χ0v) is 10.3. The van der Waals surface area contributed by atoms with Crippen LogP contribution in [0.15, 0.2) is 24.4 Å². The lowest BCUT2D eigenvalue weighted by Gasteiger charge is -2.15. The number of pyridine rings is 1. The molecule has 2 rings (SSSR count). The predicted molar refractivity (Wildman–Crippen MR) is 66.3 cm³/mol. The van der Waals surface area contributed by atoms with Crippen LogP contribution in [0.3, 0.4) is 0 Å². The van der Waals surface area contributed by atoms with Crippen molar-refractivity contribution in [2.75, 3.05) is 14.2 Å². The highest BCUT2D eigenvalue weighted by Gasteiger charge is 2.14. The van der Waals surface area contributed by atoms with Crippen LogP contribution in [-0.4, -0.2) is 25.2 Å². The fourth-order valence-electron chi connectivity index (χ4n) is 2.00. The van der Waals surface area contributed by atoms with Crippen molar-refractivity contribution < 1.29 is 9.47 Å². The molecular formula is C13H18N2O2. The van der Waals surface area contributed by atoms with Gasteiger partial charge < -0.3 is 14.8 Å². The summed E-state index contributed by atoms with van der Waals surface area (Å²) in [7, 11) is 3.27. The van der Waals surface area contributed by atoms with E-state index < -0.39 is 0 Å². The molecule has 0 spiro atoms. The Balaban J connectivity index is 2.03. The highest BCUT2D eigenvalue weighted by molar-refractivity contribution is 5.42. The van der Waals surface area contributed by atoms with Crippen molar-refractivity contribution >= 4 is 0 Å². The molecule has 0 saturated heterocycles. The molecule has 1 aromatic heterocycles. The summed E-state index contributed by atoms with van der Waals surface area (Å²) in [5.74, 6) is 1.44. The molecule has 1 heterocycles. The second-order valence-electron chi connectivity index (χ2n) is 4.01. The Morgan fingerprint density at radius 3 is 2.71 bits per heavy atom. The molecule has 0 fully saturated rings. The van der Waals surface area contributed by atoms with Gasteiger partial charge in [0.05, 0.1) is 19.9 Å². The lowest BCUT2D eigenvalue weighted by Crippen LogP contribution is -2.26. The van der Waals surface area contributed by atoms with Gasteiger partial charge in [-0.25, -0.2) is 0 Å². The Hall–Kier alpha value is -1.55. The van der Waals surface area contributed by atoms with Gasteiger partial charge in [0.1, 0.15) is 0 Å². The van der Waals surface area contributed by atoms with E-state index in [1.54, 1.807) is 26.5 Å². The van der Waals surface area contributed by atoms with Crippen molar-refractivity contribution in [3.05, 3.63) is 30.1 Å². The highest BCUT2D eigenvalue weighted by Crippen LogP contribution is 2.29. The van der Waals surface area contributed by atoms with E-state index in [0.717, 1.165) is 24.3 Å². The molecular weight excluding hydrogens is 216 g/mol. The monoisotopic (exact) mass is 234 g/mol. The van der Waals surface area contributed by atoms with Crippen molar-refractivity contribution in [1.82, 2.24) is 10.3 Å². The maximum atomic E-state index is 5.34. The van der Waals surface area contributed by atoms with Crippen LogP contribution < -0.4 is 14.8 Å². The van der Waals surface area contributed by atoms with Gasteiger partial charge in [-0.3, -0.25) is 4.98 Å². The molecule has 1 aliphatic rings. The third kappa shape index (κ3) is 2.77. The number of nitrogens with one attached hydrogen (secondary N) is 1. The molecule has 4 nitrogen and oxygen atoms in total. The topological polar surface area (TPSA) is 43.4 Å². The molecule has 1 N–H and O–H groups in total. The van der Waals surface area contributed by atoms with Crippen molar-refractivity contribution in [3.8, 4) is 11.5 Å². The van der Waals surface area contributed by atoms with E-state index in [9.17, 15) is 0 Å². The fraction of sp³-hybridized carbons (Fsp3) is 0.462. The van der Waals surface area contributed by atoms with E-state index in [-0.39, 0.29) is 0 Å². The van der Waals surface area contributed by atoms with Gasteiger partial charge >= 0.3 is 0 Å². The zero-order chi connectivity index (χ0) is 12.1. The number of methoxy groups -OCH3 is 2. The van der Waals surface area contributed by atoms with Gasteiger partial charge in [-0.2, -0.15) is 0 Å². The Bertz CT molecular complexity index is 396. The second kappa shape index (κ2) is 5.68. The number of ether oxygens (including phenoxy) is 2. The van der Waals surface area contributed by atoms with Gasteiger partial charge in [0.2, 0.25) is 0 Å². The van der Waals surface area contributed by atoms with Crippen LogP contribution >= 0.6 is 0 Å². The summed E-state index contributed by atoms with van der Waals surface area (Å²) in [6, 6.07) is 2.33. The molecule has 4 heteroatoms. The lowest BCUT2D eigenvalue weighted by molar-refractivity contribution is 0.347. The average Bonchev–Trinajstić information content (AvgIpc) is 2.88. The van der Waals surface area contributed by atoms with Crippen LogP contribution in [0, 0.1) is 0 Å².